The highest BCUT2D eigenvalue weighted by Gasteiger charge is 2.21. The Hall–Kier alpha value is -1.43. The standard InChI is InChI=1S/C13H16BrN5/c1-2-11-17-13-6-4-10(8-19(13)18-11)16-12-5-3-9(14)7-15-12/h3,5,7,10H,2,4,6,8H2,1H3,(H,15,16). The van der Waals surface area contributed by atoms with E-state index in [1.807, 2.05) is 16.8 Å². The highest BCUT2D eigenvalue weighted by Crippen LogP contribution is 2.17. The van der Waals surface area contributed by atoms with E-state index in [4.69, 9.17) is 0 Å². The lowest BCUT2D eigenvalue weighted by atomic mass is 10.1. The van der Waals surface area contributed by atoms with Crippen LogP contribution in [0, 0.1) is 0 Å². The van der Waals surface area contributed by atoms with Crippen molar-refractivity contribution in [2.75, 3.05) is 5.32 Å². The lowest BCUT2D eigenvalue weighted by Crippen LogP contribution is -2.32. The van der Waals surface area contributed by atoms with E-state index in [-0.39, 0.29) is 0 Å². The fraction of sp³-hybridized carbons (Fsp3) is 0.462. The Labute approximate surface area is 120 Å². The predicted molar refractivity (Wildman–Crippen MR) is 77.1 cm³/mol. The van der Waals surface area contributed by atoms with Gasteiger partial charge in [-0.1, -0.05) is 6.92 Å². The van der Waals surface area contributed by atoms with E-state index in [0.29, 0.717) is 6.04 Å². The Bertz CT molecular complexity index is 563. The van der Waals surface area contributed by atoms with Gasteiger partial charge in [0.25, 0.3) is 0 Å². The number of anilines is 1. The maximum Gasteiger partial charge on any atom is 0.150 e. The van der Waals surface area contributed by atoms with Crippen LogP contribution < -0.4 is 5.32 Å². The van der Waals surface area contributed by atoms with Crippen LogP contribution in [0.5, 0.6) is 0 Å². The molecule has 1 atom stereocenters. The summed E-state index contributed by atoms with van der Waals surface area (Å²) in [6, 6.07) is 4.35. The van der Waals surface area contributed by atoms with Gasteiger partial charge in [0.2, 0.25) is 0 Å². The zero-order valence-electron chi connectivity index (χ0n) is 10.8. The van der Waals surface area contributed by atoms with Crippen LogP contribution in [0.2, 0.25) is 0 Å². The number of hydrogen-bond donors (Lipinski definition) is 1. The normalized spacial score (nSPS) is 18.1. The van der Waals surface area contributed by atoms with Crippen LogP contribution in [0.3, 0.4) is 0 Å². The van der Waals surface area contributed by atoms with Gasteiger partial charge in [0, 0.05) is 29.6 Å². The largest absolute Gasteiger partial charge is 0.365 e. The minimum Gasteiger partial charge on any atom is -0.365 e. The van der Waals surface area contributed by atoms with Gasteiger partial charge >= 0.3 is 0 Å². The molecule has 5 nitrogen and oxygen atoms in total. The molecule has 1 unspecified atom stereocenters. The number of nitrogens with one attached hydrogen (secondary N) is 1. The smallest absolute Gasteiger partial charge is 0.150 e. The molecule has 0 saturated heterocycles. The third kappa shape index (κ3) is 2.78. The SMILES string of the molecule is CCc1nc2n(n1)CC(Nc1ccc(Br)cn1)CC2. The average Bonchev–Trinajstić information content (AvgIpc) is 2.83. The third-order valence-electron chi connectivity index (χ3n) is 3.30. The van der Waals surface area contributed by atoms with Crippen LogP contribution in [-0.2, 0) is 19.4 Å². The number of fused-ring (bicyclic) bond motifs is 1. The average molecular weight is 322 g/mol. The first kappa shape index (κ1) is 12.6. The number of aryl methyl sites for hydroxylation is 2. The summed E-state index contributed by atoms with van der Waals surface area (Å²) in [6.45, 7) is 2.95. The predicted octanol–water partition coefficient (Wildman–Crippen LogP) is 2.42. The fourth-order valence-electron chi connectivity index (χ4n) is 2.30. The van der Waals surface area contributed by atoms with E-state index >= 15 is 0 Å². The van der Waals surface area contributed by atoms with E-state index < -0.39 is 0 Å². The number of pyridine rings is 1. The minimum atomic E-state index is 0.368. The molecule has 1 aliphatic rings. The minimum absolute atomic E-state index is 0.368. The maximum absolute atomic E-state index is 4.52. The second kappa shape index (κ2) is 5.28. The van der Waals surface area contributed by atoms with Crippen molar-refractivity contribution in [3.8, 4) is 0 Å². The molecule has 100 valence electrons. The monoisotopic (exact) mass is 321 g/mol. The molecule has 0 spiro atoms. The van der Waals surface area contributed by atoms with Crippen LogP contribution in [0.25, 0.3) is 0 Å². The molecule has 2 aromatic heterocycles. The molecule has 19 heavy (non-hydrogen) atoms. The Kier molecular flexibility index (Phi) is 3.50. The van der Waals surface area contributed by atoms with Crippen molar-refractivity contribution in [3.63, 3.8) is 0 Å². The van der Waals surface area contributed by atoms with Crippen molar-refractivity contribution in [2.24, 2.45) is 0 Å². The molecule has 0 amide bonds. The van der Waals surface area contributed by atoms with E-state index in [9.17, 15) is 0 Å². The summed E-state index contributed by atoms with van der Waals surface area (Å²) in [7, 11) is 0. The number of aromatic nitrogens is 4. The van der Waals surface area contributed by atoms with Crippen LogP contribution in [0.4, 0.5) is 5.82 Å². The first-order valence-electron chi connectivity index (χ1n) is 6.55. The van der Waals surface area contributed by atoms with Gasteiger partial charge < -0.3 is 5.32 Å². The van der Waals surface area contributed by atoms with E-state index in [1.54, 1.807) is 6.20 Å². The van der Waals surface area contributed by atoms with Crippen molar-refractivity contribution < 1.29 is 0 Å². The Balaban J connectivity index is 1.69. The van der Waals surface area contributed by atoms with E-state index in [0.717, 1.165) is 47.7 Å². The van der Waals surface area contributed by atoms with Gasteiger partial charge in [-0.05, 0) is 34.5 Å². The summed E-state index contributed by atoms with van der Waals surface area (Å²) < 4.78 is 3.02. The number of halogens is 1. The van der Waals surface area contributed by atoms with Crippen LogP contribution >= 0.6 is 15.9 Å². The molecule has 1 aliphatic heterocycles. The molecule has 2 aromatic rings. The topological polar surface area (TPSA) is 55.6 Å². The van der Waals surface area contributed by atoms with Gasteiger partial charge in [-0.2, -0.15) is 5.10 Å². The van der Waals surface area contributed by atoms with Crippen molar-refractivity contribution in [1.29, 1.82) is 0 Å². The summed E-state index contributed by atoms with van der Waals surface area (Å²) in [5.41, 5.74) is 0. The van der Waals surface area contributed by atoms with Crippen molar-refractivity contribution in [3.05, 3.63) is 34.5 Å². The van der Waals surface area contributed by atoms with Crippen molar-refractivity contribution in [2.45, 2.75) is 38.8 Å². The van der Waals surface area contributed by atoms with Gasteiger partial charge in [-0.15, -0.1) is 0 Å². The third-order valence-corrected chi connectivity index (χ3v) is 3.77. The zero-order valence-corrected chi connectivity index (χ0v) is 12.4. The highest BCUT2D eigenvalue weighted by atomic mass is 79.9. The van der Waals surface area contributed by atoms with Crippen LogP contribution in [-0.4, -0.2) is 25.8 Å². The van der Waals surface area contributed by atoms with E-state index in [2.05, 4.69) is 43.2 Å². The Morgan fingerprint density at radius 3 is 3.11 bits per heavy atom. The van der Waals surface area contributed by atoms with E-state index in [1.165, 1.54) is 0 Å². The Morgan fingerprint density at radius 2 is 2.37 bits per heavy atom. The second-order valence-corrected chi connectivity index (χ2v) is 5.64. The molecule has 0 aliphatic carbocycles. The lowest BCUT2D eigenvalue weighted by molar-refractivity contribution is 0.439. The first-order chi connectivity index (χ1) is 9.24. The summed E-state index contributed by atoms with van der Waals surface area (Å²) in [4.78, 5) is 8.87. The molecule has 0 saturated carbocycles. The molecular formula is C13H16BrN5. The lowest BCUT2D eigenvalue weighted by Gasteiger charge is -2.23. The second-order valence-electron chi connectivity index (χ2n) is 4.72. The summed E-state index contributed by atoms with van der Waals surface area (Å²) >= 11 is 3.39. The molecule has 0 radical (unpaired) electrons. The van der Waals surface area contributed by atoms with Gasteiger partial charge in [0.1, 0.15) is 11.6 Å². The molecular weight excluding hydrogens is 306 g/mol. The molecule has 3 rings (SSSR count). The van der Waals surface area contributed by atoms with Crippen molar-refractivity contribution in [1.82, 2.24) is 19.7 Å². The molecule has 0 bridgehead atoms. The van der Waals surface area contributed by atoms with Gasteiger partial charge in [0.15, 0.2) is 5.82 Å². The summed E-state index contributed by atoms with van der Waals surface area (Å²) in [5.74, 6) is 2.96. The summed E-state index contributed by atoms with van der Waals surface area (Å²) in [5, 5.41) is 7.97. The molecule has 0 aromatic carbocycles. The zero-order chi connectivity index (χ0) is 13.2. The summed E-state index contributed by atoms with van der Waals surface area (Å²) in [6.07, 6.45) is 4.74. The quantitative estimate of drug-likeness (QED) is 0.943. The fourth-order valence-corrected chi connectivity index (χ4v) is 2.53. The molecule has 3 heterocycles. The van der Waals surface area contributed by atoms with Gasteiger partial charge in [-0.3, -0.25) is 0 Å². The van der Waals surface area contributed by atoms with Crippen molar-refractivity contribution >= 4 is 21.7 Å². The maximum atomic E-state index is 4.52. The molecule has 0 fully saturated rings. The number of rotatable bonds is 3. The number of nitrogens with zero attached hydrogens (tertiary/aromatic N) is 4. The van der Waals surface area contributed by atoms with Crippen LogP contribution in [0.1, 0.15) is 25.0 Å². The highest BCUT2D eigenvalue weighted by molar-refractivity contribution is 9.10. The first-order valence-corrected chi connectivity index (χ1v) is 7.34. The molecule has 1 N–H and O–H groups in total. The molecule has 6 heteroatoms. The number of hydrogen-bond acceptors (Lipinski definition) is 4. The van der Waals surface area contributed by atoms with Gasteiger partial charge in [-0.25, -0.2) is 14.6 Å². The van der Waals surface area contributed by atoms with Crippen LogP contribution in [0.15, 0.2) is 22.8 Å². The van der Waals surface area contributed by atoms with Gasteiger partial charge in [0.05, 0.1) is 6.54 Å². The Morgan fingerprint density at radius 1 is 1.47 bits per heavy atom.